The number of carbonyl (C=O) groups is 3. The second-order valence-corrected chi connectivity index (χ2v) is 8.17. The molecule has 2 aromatic rings. The van der Waals surface area contributed by atoms with E-state index in [0.29, 0.717) is 35.8 Å². The molecular formula is C22H23ClN4O4. The highest BCUT2D eigenvalue weighted by atomic mass is 35.5. The van der Waals surface area contributed by atoms with Gasteiger partial charge in [0.25, 0.3) is 0 Å². The van der Waals surface area contributed by atoms with E-state index in [1.165, 1.54) is 6.92 Å². The van der Waals surface area contributed by atoms with Crippen LogP contribution in [0.15, 0.2) is 42.5 Å². The van der Waals surface area contributed by atoms with Crippen molar-refractivity contribution in [3.05, 3.63) is 53.1 Å². The molecule has 2 aliphatic rings. The number of ether oxygens (including phenoxy) is 1. The number of hydrogen-bond donors (Lipinski definition) is 3. The summed E-state index contributed by atoms with van der Waals surface area (Å²) >= 11 is 6.19. The van der Waals surface area contributed by atoms with Crippen LogP contribution in [0.5, 0.6) is 0 Å². The standard InChI is InChI=1S/C22H23ClN4O4/c1-14(28)25-17-6-4-16(5-7-17)24-12-20(29)27-10-2-9-22(13-27)18-11-15(23)3-8-19(18)26-21(30)31-22/h3-8,11,24H,2,9-10,12-13H2,1H3,(H,25,28)(H,26,30)/t22-/m0/s1. The van der Waals surface area contributed by atoms with E-state index in [4.69, 9.17) is 16.3 Å². The average Bonchev–Trinajstić information content (AvgIpc) is 2.73. The molecule has 162 valence electrons. The predicted molar refractivity (Wildman–Crippen MR) is 118 cm³/mol. The number of anilines is 3. The van der Waals surface area contributed by atoms with Gasteiger partial charge in [-0.15, -0.1) is 0 Å². The Bertz CT molecular complexity index is 1030. The molecule has 0 aliphatic carbocycles. The number of halogens is 1. The number of piperidine rings is 1. The van der Waals surface area contributed by atoms with Crippen LogP contribution in [-0.4, -0.2) is 42.4 Å². The van der Waals surface area contributed by atoms with Crippen molar-refractivity contribution in [1.29, 1.82) is 0 Å². The first kappa shape index (κ1) is 21.0. The monoisotopic (exact) mass is 442 g/mol. The summed E-state index contributed by atoms with van der Waals surface area (Å²) in [7, 11) is 0. The van der Waals surface area contributed by atoms with Gasteiger partial charge in [0.15, 0.2) is 5.60 Å². The summed E-state index contributed by atoms with van der Waals surface area (Å²) in [4.78, 5) is 37.9. The van der Waals surface area contributed by atoms with Crippen LogP contribution in [0.1, 0.15) is 25.3 Å². The third-order valence-corrected chi connectivity index (χ3v) is 5.69. The van der Waals surface area contributed by atoms with Crippen molar-refractivity contribution in [2.45, 2.75) is 25.4 Å². The van der Waals surface area contributed by atoms with Gasteiger partial charge in [-0.2, -0.15) is 0 Å². The Morgan fingerprint density at radius 3 is 2.68 bits per heavy atom. The van der Waals surface area contributed by atoms with Crippen LogP contribution in [0.2, 0.25) is 5.02 Å². The number of likely N-dealkylation sites (tertiary alicyclic amines) is 1. The summed E-state index contributed by atoms with van der Waals surface area (Å²) < 4.78 is 5.73. The van der Waals surface area contributed by atoms with E-state index in [1.807, 2.05) is 0 Å². The third-order valence-electron chi connectivity index (χ3n) is 5.45. The largest absolute Gasteiger partial charge is 0.436 e. The molecule has 1 atom stereocenters. The highest BCUT2D eigenvalue weighted by molar-refractivity contribution is 6.30. The molecule has 1 spiro atoms. The zero-order chi connectivity index (χ0) is 22.0. The molecule has 2 aliphatic heterocycles. The van der Waals surface area contributed by atoms with E-state index >= 15 is 0 Å². The van der Waals surface area contributed by atoms with Crippen molar-refractivity contribution < 1.29 is 19.1 Å². The van der Waals surface area contributed by atoms with Gasteiger partial charge in [0.2, 0.25) is 11.8 Å². The Morgan fingerprint density at radius 2 is 1.94 bits per heavy atom. The molecule has 0 saturated carbocycles. The fourth-order valence-corrected chi connectivity index (χ4v) is 4.24. The number of carbonyl (C=O) groups excluding carboxylic acids is 3. The molecule has 3 amide bonds. The van der Waals surface area contributed by atoms with Crippen LogP contribution in [0.4, 0.5) is 21.9 Å². The number of rotatable bonds is 4. The summed E-state index contributed by atoms with van der Waals surface area (Å²) in [5.74, 6) is -0.237. The molecule has 0 unspecified atom stereocenters. The van der Waals surface area contributed by atoms with Gasteiger partial charge in [0, 0.05) is 35.4 Å². The summed E-state index contributed by atoms with van der Waals surface area (Å²) in [5, 5.41) is 9.06. The maximum atomic E-state index is 12.9. The Balaban J connectivity index is 1.44. The van der Waals surface area contributed by atoms with Gasteiger partial charge < -0.3 is 20.3 Å². The van der Waals surface area contributed by atoms with Gasteiger partial charge in [0.05, 0.1) is 18.8 Å². The lowest BCUT2D eigenvalue weighted by Crippen LogP contribution is -2.54. The minimum Gasteiger partial charge on any atom is -0.436 e. The fraction of sp³-hybridized carbons (Fsp3) is 0.318. The van der Waals surface area contributed by atoms with Crippen molar-refractivity contribution in [2.24, 2.45) is 0 Å². The van der Waals surface area contributed by atoms with Crippen molar-refractivity contribution in [3.8, 4) is 0 Å². The SMILES string of the molecule is CC(=O)Nc1ccc(NCC(=O)N2CCC[C@@]3(C2)OC(=O)Nc2ccc(Cl)cc23)cc1. The van der Waals surface area contributed by atoms with Crippen molar-refractivity contribution >= 4 is 46.6 Å². The zero-order valence-corrected chi connectivity index (χ0v) is 17.8. The Morgan fingerprint density at radius 1 is 1.19 bits per heavy atom. The number of nitrogens with zero attached hydrogens (tertiary/aromatic N) is 1. The van der Waals surface area contributed by atoms with Gasteiger partial charge in [-0.25, -0.2) is 4.79 Å². The van der Waals surface area contributed by atoms with Crippen LogP contribution in [0, 0.1) is 0 Å². The molecule has 4 rings (SSSR count). The molecule has 0 radical (unpaired) electrons. The molecule has 0 aromatic heterocycles. The molecule has 31 heavy (non-hydrogen) atoms. The van der Waals surface area contributed by atoms with E-state index in [0.717, 1.165) is 11.3 Å². The summed E-state index contributed by atoms with van der Waals surface area (Å²) in [6.45, 7) is 2.41. The van der Waals surface area contributed by atoms with Crippen molar-refractivity contribution in [2.75, 3.05) is 35.6 Å². The third kappa shape index (κ3) is 4.59. The van der Waals surface area contributed by atoms with Crippen LogP contribution >= 0.6 is 11.6 Å². The van der Waals surface area contributed by atoms with E-state index in [1.54, 1.807) is 47.4 Å². The molecule has 9 heteroatoms. The minimum absolute atomic E-state index is 0.0943. The van der Waals surface area contributed by atoms with Gasteiger partial charge in [-0.05, 0) is 55.3 Å². The Labute approximate surface area is 184 Å². The average molecular weight is 443 g/mol. The lowest BCUT2D eigenvalue weighted by molar-refractivity contribution is -0.137. The van der Waals surface area contributed by atoms with Crippen LogP contribution < -0.4 is 16.0 Å². The molecular weight excluding hydrogens is 420 g/mol. The van der Waals surface area contributed by atoms with Gasteiger partial charge in [0.1, 0.15) is 0 Å². The molecule has 2 heterocycles. The summed E-state index contributed by atoms with van der Waals surface area (Å²) in [5.41, 5.74) is 1.99. The highest BCUT2D eigenvalue weighted by Gasteiger charge is 2.46. The van der Waals surface area contributed by atoms with E-state index in [9.17, 15) is 14.4 Å². The lowest BCUT2D eigenvalue weighted by atomic mass is 9.83. The molecule has 1 saturated heterocycles. The maximum absolute atomic E-state index is 12.9. The molecule has 3 N–H and O–H groups in total. The lowest BCUT2D eigenvalue weighted by Gasteiger charge is -2.45. The van der Waals surface area contributed by atoms with Crippen LogP contribution in [0.3, 0.4) is 0 Å². The minimum atomic E-state index is -0.906. The summed E-state index contributed by atoms with van der Waals surface area (Å²) in [6, 6.07) is 12.4. The number of nitrogens with one attached hydrogen (secondary N) is 3. The second-order valence-electron chi connectivity index (χ2n) is 7.73. The molecule has 0 bridgehead atoms. The number of benzene rings is 2. The Kier molecular flexibility index (Phi) is 5.73. The highest BCUT2D eigenvalue weighted by Crippen LogP contribution is 2.43. The summed E-state index contributed by atoms with van der Waals surface area (Å²) in [6.07, 6.45) is 0.799. The van der Waals surface area contributed by atoms with Gasteiger partial charge >= 0.3 is 6.09 Å². The van der Waals surface area contributed by atoms with E-state index in [-0.39, 0.29) is 24.9 Å². The number of fused-ring (bicyclic) bond motifs is 2. The second kappa shape index (κ2) is 8.47. The topological polar surface area (TPSA) is 99.8 Å². The maximum Gasteiger partial charge on any atom is 0.412 e. The smallest absolute Gasteiger partial charge is 0.412 e. The van der Waals surface area contributed by atoms with E-state index < -0.39 is 11.7 Å². The Hall–Kier alpha value is -3.26. The number of amides is 3. The first-order valence-electron chi connectivity index (χ1n) is 10.0. The zero-order valence-electron chi connectivity index (χ0n) is 17.0. The quantitative estimate of drug-likeness (QED) is 0.669. The van der Waals surface area contributed by atoms with E-state index in [2.05, 4.69) is 16.0 Å². The van der Waals surface area contributed by atoms with Gasteiger partial charge in [-0.1, -0.05) is 11.6 Å². The van der Waals surface area contributed by atoms with Crippen LogP contribution in [-0.2, 0) is 19.9 Å². The predicted octanol–water partition coefficient (Wildman–Crippen LogP) is 3.79. The molecule has 2 aromatic carbocycles. The van der Waals surface area contributed by atoms with Crippen molar-refractivity contribution in [3.63, 3.8) is 0 Å². The molecule has 8 nitrogen and oxygen atoms in total. The normalized spacial score (nSPS) is 19.8. The first-order chi connectivity index (χ1) is 14.8. The van der Waals surface area contributed by atoms with Gasteiger partial charge in [-0.3, -0.25) is 14.9 Å². The number of hydrogen-bond acceptors (Lipinski definition) is 5. The first-order valence-corrected chi connectivity index (χ1v) is 10.4. The van der Waals surface area contributed by atoms with Crippen molar-refractivity contribution in [1.82, 2.24) is 4.90 Å². The fourth-order valence-electron chi connectivity index (χ4n) is 4.07. The van der Waals surface area contributed by atoms with Crippen LogP contribution in [0.25, 0.3) is 0 Å². The molecule has 1 fully saturated rings.